The van der Waals surface area contributed by atoms with Gasteiger partial charge in [-0.3, -0.25) is 0 Å². The number of nitrogens with two attached hydrogens (primary N) is 1. The average molecular weight is 220 g/mol. The van der Waals surface area contributed by atoms with Crippen LogP contribution in [0.5, 0.6) is 0 Å². The first kappa shape index (κ1) is 11.4. The van der Waals surface area contributed by atoms with Crippen molar-refractivity contribution < 1.29 is 8.78 Å². The maximum Gasteiger partial charge on any atom is 0.127 e. The SMILES string of the molecule is CC1(c2cc(F)ccc2F)CC1N.Cl. The second kappa shape index (κ2) is 3.48. The third-order valence-corrected chi connectivity index (χ3v) is 2.85. The summed E-state index contributed by atoms with van der Waals surface area (Å²) in [4.78, 5) is 0. The summed E-state index contributed by atoms with van der Waals surface area (Å²) < 4.78 is 26.1. The Bertz CT molecular complexity index is 356. The molecule has 0 bridgehead atoms. The molecule has 2 unspecified atom stereocenters. The molecule has 1 nitrogen and oxygen atoms in total. The van der Waals surface area contributed by atoms with Gasteiger partial charge in [-0.25, -0.2) is 8.78 Å². The van der Waals surface area contributed by atoms with Crippen LogP contribution in [0.2, 0.25) is 0 Å². The highest BCUT2D eigenvalue weighted by Crippen LogP contribution is 2.47. The summed E-state index contributed by atoms with van der Waals surface area (Å²) >= 11 is 0. The van der Waals surface area contributed by atoms with Gasteiger partial charge in [0, 0.05) is 11.5 Å². The zero-order chi connectivity index (χ0) is 9.64. The maximum absolute atomic E-state index is 13.3. The molecule has 0 amide bonds. The predicted molar refractivity (Wildman–Crippen MR) is 53.6 cm³/mol. The normalized spacial score (nSPS) is 29.6. The Labute approximate surface area is 87.7 Å². The summed E-state index contributed by atoms with van der Waals surface area (Å²) in [6.45, 7) is 1.86. The molecule has 0 heterocycles. The molecule has 2 rings (SSSR count). The number of rotatable bonds is 1. The summed E-state index contributed by atoms with van der Waals surface area (Å²) in [5, 5.41) is 0. The predicted octanol–water partition coefficient (Wildman–Crippen LogP) is 2.38. The highest BCUT2D eigenvalue weighted by Gasteiger charge is 2.50. The molecule has 1 aliphatic rings. The van der Waals surface area contributed by atoms with Gasteiger partial charge < -0.3 is 5.73 Å². The fourth-order valence-corrected chi connectivity index (χ4v) is 1.64. The number of benzene rings is 1. The summed E-state index contributed by atoms with van der Waals surface area (Å²) in [7, 11) is 0. The molecule has 1 aliphatic carbocycles. The van der Waals surface area contributed by atoms with E-state index in [2.05, 4.69) is 0 Å². The van der Waals surface area contributed by atoms with E-state index in [4.69, 9.17) is 5.73 Å². The van der Waals surface area contributed by atoms with Crippen molar-refractivity contribution >= 4 is 12.4 Å². The molecule has 1 aromatic carbocycles. The van der Waals surface area contributed by atoms with Crippen molar-refractivity contribution in [3.05, 3.63) is 35.4 Å². The largest absolute Gasteiger partial charge is 0.327 e. The van der Waals surface area contributed by atoms with Crippen molar-refractivity contribution in [2.24, 2.45) is 5.73 Å². The van der Waals surface area contributed by atoms with Crippen molar-refractivity contribution in [3.63, 3.8) is 0 Å². The minimum atomic E-state index is -0.406. The average Bonchev–Trinajstić information content (AvgIpc) is 2.66. The molecule has 0 aliphatic heterocycles. The summed E-state index contributed by atoms with van der Waals surface area (Å²) in [5.41, 5.74) is 5.71. The Morgan fingerprint density at radius 3 is 2.50 bits per heavy atom. The fourth-order valence-electron chi connectivity index (χ4n) is 1.64. The summed E-state index contributed by atoms with van der Waals surface area (Å²) in [6.07, 6.45) is 0.730. The van der Waals surface area contributed by atoms with Gasteiger partial charge in [0.15, 0.2) is 0 Å². The first-order valence-corrected chi connectivity index (χ1v) is 4.25. The quantitative estimate of drug-likeness (QED) is 0.771. The van der Waals surface area contributed by atoms with E-state index in [0.29, 0.717) is 5.56 Å². The van der Waals surface area contributed by atoms with Gasteiger partial charge in [0.05, 0.1) is 0 Å². The third kappa shape index (κ3) is 1.62. The molecule has 1 aromatic rings. The molecule has 0 spiro atoms. The van der Waals surface area contributed by atoms with Gasteiger partial charge in [-0.15, -0.1) is 12.4 Å². The lowest BCUT2D eigenvalue weighted by Gasteiger charge is -2.10. The minimum absolute atomic E-state index is 0. The molecule has 1 fully saturated rings. The van der Waals surface area contributed by atoms with Crippen LogP contribution in [0, 0.1) is 11.6 Å². The van der Waals surface area contributed by atoms with Gasteiger partial charge in [-0.05, 0) is 30.2 Å². The van der Waals surface area contributed by atoms with E-state index in [9.17, 15) is 8.78 Å². The molecule has 0 saturated heterocycles. The fraction of sp³-hybridized carbons (Fsp3) is 0.400. The molecule has 2 atom stereocenters. The molecule has 14 heavy (non-hydrogen) atoms. The molecule has 78 valence electrons. The summed E-state index contributed by atoms with van der Waals surface area (Å²) in [6, 6.07) is 3.47. The Balaban J connectivity index is 0.000000980. The van der Waals surface area contributed by atoms with E-state index in [1.807, 2.05) is 6.92 Å². The van der Waals surface area contributed by atoms with Crippen LogP contribution < -0.4 is 5.73 Å². The number of hydrogen-bond donors (Lipinski definition) is 1. The lowest BCUT2D eigenvalue weighted by atomic mass is 9.97. The smallest absolute Gasteiger partial charge is 0.127 e. The van der Waals surface area contributed by atoms with Gasteiger partial charge in [0.2, 0.25) is 0 Å². The Hall–Kier alpha value is -0.670. The van der Waals surface area contributed by atoms with E-state index in [0.717, 1.165) is 18.6 Å². The lowest BCUT2D eigenvalue weighted by Crippen LogP contribution is -2.16. The van der Waals surface area contributed by atoms with Crippen LogP contribution in [0.15, 0.2) is 18.2 Å². The van der Waals surface area contributed by atoms with Crippen molar-refractivity contribution in [1.82, 2.24) is 0 Å². The standard InChI is InChI=1S/C10H11F2N.ClH/c1-10(5-9(10)13)7-4-6(11)2-3-8(7)12;/h2-4,9H,5,13H2,1H3;1H. The number of hydrogen-bond acceptors (Lipinski definition) is 1. The highest BCUT2D eigenvalue weighted by atomic mass is 35.5. The van der Waals surface area contributed by atoms with Gasteiger partial charge in [-0.2, -0.15) is 0 Å². The monoisotopic (exact) mass is 219 g/mol. The van der Waals surface area contributed by atoms with Crippen molar-refractivity contribution in [2.45, 2.75) is 24.8 Å². The van der Waals surface area contributed by atoms with Crippen LogP contribution in [-0.4, -0.2) is 6.04 Å². The molecule has 0 radical (unpaired) electrons. The lowest BCUT2D eigenvalue weighted by molar-refractivity contribution is 0.560. The zero-order valence-corrected chi connectivity index (χ0v) is 8.57. The highest BCUT2D eigenvalue weighted by molar-refractivity contribution is 5.85. The first-order chi connectivity index (χ1) is 6.04. The molecule has 0 aromatic heterocycles. The Morgan fingerprint density at radius 2 is 2.00 bits per heavy atom. The van der Waals surface area contributed by atoms with Gasteiger partial charge in [0.1, 0.15) is 11.6 Å². The van der Waals surface area contributed by atoms with Gasteiger partial charge >= 0.3 is 0 Å². The van der Waals surface area contributed by atoms with Crippen LogP contribution in [0.3, 0.4) is 0 Å². The summed E-state index contributed by atoms with van der Waals surface area (Å²) in [5.74, 6) is -0.770. The molecular formula is C10H12ClF2N. The van der Waals surface area contributed by atoms with Crippen LogP contribution in [0.4, 0.5) is 8.78 Å². The topological polar surface area (TPSA) is 26.0 Å². The minimum Gasteiger partial charge on any atom is -0.327 e. The molecule has 4 heteroatoms. The second-order valence-electron chi connectivity index (χ2n) is 3.85. The van der Waals surface area contributed by atoms with Crippen molar-refractivity contribution in [1.29, 1.82) is 0 Å². The van der Waals surface area contributed by atoms with E-state index < -0.39 is 5.82 Å². The second-order valence-corrected chi connectivity index (χ2v) is 3.85. The zero-order valence-electron chi connectivity index (χ0n) is 7.76. The van der Waals surface area contributed by atoms with E-state index in [-0.39, 0.29) is 29.7 Å². The van der Waals surface area contributed by atoms with Crippen LogP contribution >= 0.6 is 12.4 Å². The molecular weight excluding hydrogens is 208 g/mol. The van der Waals surface area contributed by atoms with Crippen LogP contribution in [0.25, 0.3) is 0 Å². The Kier molecular flexibility index (Phi) is 2.83. The Morgan fingerprint density at radius 1 is 1.43 bits per heavy atom. The first-order valence-electron chi connectivity index (χ1n) is 4.25. The van der Waals surface area contributed by atoms with Gasteiger partial charge in [0.25, 0.3) is 0 Å². The van der Waals surface area contributed by atoms with Crippen molar-refractivity contribution in [3.8, 4) is 0 Å². The van der Waals surface area contributed by atoms with E-state index in [1.165, 1.54) is 6.07 Å². The van der Waals surface area contributed by atoms with E-state index >= 15 is 0 Å². The van der Waals surface area contributed by atoms with Gasteiger partial charge in [-0.1, -0.05) is 6.92 Å². The molecule has 1 saturated carbocycles. The van der Waals surface area contributed by atoms with Crippen LogP contribution in [-0.2, 0) is 5.41 Å². The number of halogens is 3. The maximum atomic E-state index is 13.3. The van der Waals surface area contributed by atoms with Crippen LogP contribution in [0.1, 0.15) is 18.9 Å². The van der Waals surface area contributed by atoms with Crippen molar-refractivity contribution in [2.75, 3.05) is 0 Å². The third-order valence-electron chi connectivity index (χ3n) is 2.85. The van der Waals surface area contributed by atoms with E-state index in [1.54, 1.807) is 0 Å². The molecule has 2 N–H and O–H groups in total.